The van der Waals surface area contributed by atoms with Crippen LogP contribution in [0.5, 0.6) is 0 Å². The third kappa shape index (κ3) is 3.45. The Bertz CT molecular complexity index is 581. The molecule has 1 aliphatic carbocycles. The predicted molar refractivity (Wildman–Crippen MR) is 97.8 cm³/mol. The minimum absolute atomic E-state index is 0.546. The van der Waals surface area contributed by atoms with E-state index in [1.54, 1.807) is 16.7 Å². The smallest absolute Gasteiger partial charge is 0.0410 e. The molecule has 1 N–H and O–H groups in total. The molecule has 1 heteroatoms. The van der Waals surface area contributed by atoms with Crippen LogP contribution in [0.2, 0.25) is 0 Å². The quantitative estimate of drug-likeness (QED) is 0.592. The molecule has 22 heavy (non-hydrogen) atoms. The van der Waals surface area contributed by atoms with Crippen molar-refractivity contribution in [2.45, 2.75) is 60.3 Å². The average Bonchev–Trinajstić information content (AvgIpc) is 2.97. The third-order valence-electron chi connectivity index (χ3n) is 4.78. The van der Waals surface area contributed by atoms with Crippen LogP contribution >= 0.6 is 0 Å². The van der Waals surface area contributed by atoms with Crippen molar-refractivity contribution in [2.24, 2.45) is 11.8 Å². The second-order valence-electron chi connectivity index (χ2n) is 6.59. The first-order chi connectivity index (χ1) is 10.6. The van der Waals surface area contributed by atoms with Crippen LogP contribution in [0.25, 0.3) is 6.08 Å². The Morgan fingerprint density at radius 1 is 1.36 bits per heavy atom. The number of hydrogen-bond acceptors (Lipinski definition) is 0. The van der Waals surface area contributed by atoms with Crippen LogP contribution in [0.15, 0.2) is 41.1 Å². The van der Waals surface area contributed by atoms with Gasteiger partial charge in [-0.1, -0.05) is 51.8 Å². The molecular formula is C21H31N. The Balaban J connectivity index is 2.42. The lowest BCUT2D eigenvalue weighted by molar-refractivity contribution is 0.607. The van der Waals surface area contributed by atoms with Crippen molar-refractivity contribution in [1.82, 2.24) is 4.98 Å². The summed E-state index contributed by atoms with van der Waals surface area (Å²) in [6.07, 6.45) is 13.8. The van der Waals surface area contributed by atoms with Crippen LogP contribution in [0.1, 0.15) is 65.1 Å². The molecule has 0 bridgehead atoms. The molecule has 1 atom stereocenters. The summed E-state index contributed by atoms with van der Waals surface area (Å²) in [6.45, 7) is 11.5. The number of allylic oxidation sites excluding steroid dienone is 5. The average molecular weight is 297 g/mol. The van der Waals surface area contributed by atoms with Crippen molar-refractivity contribution in [3.8, 4) is 0 Å². The summed E-state index contributed by atoms with van der Waals surface area (Å²) < 4.78 is 0. The monoisotopic (exact) mass is 297 g/mol. The van der Waals surface area contributed by atoms with Gasteiger partial charge in [0.1, 0.15) is 0 Å². The van der Waals surface area contributed by atoms with Crippen LogP contribution in [-0.2, 0) is 6.42 Å². The van der Waals surface area contributed by atoms with E-state index in [0.29, 0.717) is 11.8 Å². The molecule has 1 aromatic heterocycles. The molecule has 0 radical (unpaired) electrons. The number of rotatable bonds is 6. The van der Waals surface area contributed by atoms with E-state index in [1.807, 2.05) is 0 Å². The molecule has 1 heterocycles. The number of fused-ring (bicyclic) bond motifs is 1. The number of hydrogen-bond donors (Lipinski definition) is 1. The predicted octanol–water partition coefficient (Wildman–Crippen LogP) is 6.31. The summed E-state index contributed by atoms with van der Waals surface area (Å²) in [6, 6.07) is 2.23. The summed E-state index contributed by atoms with van der Waals surface area (Å²) in [5, 5.41) is 0. The van der Waals surface area contributed by atoms with Crippen LogP contribution in [0.4, 0.5) is 0 Å². The van der Waals surface area contributed by atoms with Gasteiger partial charge in [0.2, 0.25) is 0 Å². The van der Waals surface area contributed by atoms with Gasteiger partial charge in [-0.25, -0.2) is 0 Å². The summed E-state index contributed by atoms with van der Waals surface area (Å²) >= 11 is 0. The molecule has 0 amide bonds. The zero-order valence-corrected chi connectivity index (χ0v) is 14.9. The second kappa shape index (κ2) is 7.67. The maximum absolute atomic E-state index is 3.33. The Morgan fingerprint density at radius 3 is 2.73 bits per heavy atom. The summed E-state index contributed by atoms with van der Waals surface area (Å²) in [4.78, 5) is 3.33. The van der Waals surface area contributed by atoms with Crippen molar-refractivity contribution < 1.29 is 0 Å². The molecule has 0 fully saturated rings. The summed E-state index contributed by atoms with van der Waals surface area (Å²) in [7, 11) is 0. The fourth-order valence-electron chi connectivity index (χ4n) is 3.83. The number of H-pyrrole nitrogens is 1. The van der Waals surface area contributed by atoms with Gasteiger partial charge in [0, 0.05) is 17.8 Å². The SMILES string of the molecule is C/C=C(CCC)\C(CC)=C(/C(C)C)C1C=Cc2[nH]ccc2C1. The van der Waals surface area contributed by atoms with E-state index < -0.39 is 0 Å². The topological polar surface area (TPSA) is 15.8 Å². The van der Waals surface area contributed by atoms with Gasteiger partial charge < -0.3 is 4.98 Å². The van der Waals surface area contributed by atoms with Crippen molar-refractivity contribution in [1.29, 1.82) is 0 Å². The molecule has 2 rings (SSSR count). The van der Waals surface area contributed by atoms with Gasteiger partial charge in [0.05, 0.1) is 0 Å². The Kier molecular flexibility index (Phi) is 5.88. The highest BCUT2D eigenvalue weighted by Gasteiger charge is 2.23. The van der Waals surface area contributed by atoms with Gasteiger partial charge in [-0.2, -0.15) is 0 Å². The highest BCUT2D eigenvalue weighted by atomic mass is 14.7. The molecule has 1 aromatic rings. The first-order valence-corrected chi connectivity index (χ1v) is 8.85. The fourth-order valence-corrected chi connectivity index (χ4v) is 3.83. The molecule has 0 aliphatic heterocycles. The second-order valence-corrected chi connectivity index (χ2v) is 6.59. The fraction of sp³-hybridized carbons (Fsp3) is 0.524. The Morgan fingerprint density at radius 2 is 2.14 bits per heavy atom. The van der Waals surface area contributed by atoms with Gasteiger partial charge in [-0.15, -0.1) is 0 Å². The Hall–Kier alpha value is -1.50. The van der Waals surface area contributed by atoms with E-state index in [9.17, 15) is 0 Å². The highest BCUT2D eigenvalue weighted by molar-refractivity contribution is 5.55. The van der Waals surface area contributed by atoms with E-state index in [4.69, 9.17) is 0 Å². The first kappa shape index (κ1) is 16.9. The number of aromatic nitrogens is 1. The summed E-state index contributed by atoms with van der Waals surface area (Å²) in [5.74, 6) is 1.14. The highest BCUT2D eigenvalue weighted by Crippen LogP contribution is 2.36. The van der Waals surface area contributed by atoms with Gasteiger partial charge in [0.15, 0.2) is 0 Å². The molecule has 0 spiro atoms. The first-order valence-electron chi connectivity index (χ1n) is 8.85. The zero-order chi connectivity index (χ0) is 16.1. The van der Waals surface area contributed by atoms with E-state index >= 15 is 0 Å². The zero-order valence-electron chi connectivity index (χ0n) is 14.9. The minimum Gasteiger partial charge on any atom is -0.361 e. The van der Waals surface area contributed by atoms with Crippen molar-refractivity contribution in [3.63, 3.8) is 0 Å². The van der Waals surface area contributed by atoms with E-state index in [2.05, 4.69) is 70.1 Å². The van der Waals surface area contributed by atoms with Gasteiger partial charge in [0.25, 0.3) is 0 Å². The van der Waals surface area contributed by atoms with E-state index in [0.717, 1.165) is 12.8 Å². The van der Waals surface area contributed by atoms with Crippen molar-refractivity contribution in [2.75, 3.05) is 0 Å². The third-order valence-corrected chi connectivity index (χ3v) is 4.78. The van der Waals surface area contributed by atoms with E-state index in [1.165, 1.54) is 24.1 Å². The maximum atomic E-state index is 3.33. The van der Waals surface area contributed by atoms with Crippen molar-refractivity contribution in [3.05, 3.63) is 52.4 Å². The van der Waals surface area contributed by atoms with Crippen LogP contribution < -0.4 is 0 Å². The molecule has 1 aliphatic rings. The normalized spacial score (nSPS) is 19.4. The molecular weight excluding hydrogens is 266 g/mol. The van der Waals surface area contributed by atoms with E-state index in [-0.39, 0.29) is 0 Å². The lowest BCUT2D eigenvalue weighted by Crippen LogP contribution is -2.16. The standard InChI is InChI=1S/C21H31N/c1-6-9-16(7-2)19(8-3)21(15(4)5)18-10-11-20-17(14-18)12-13-22-20/h7,10-13,15,18,22H,6,8-9,14H2,1-5H3/b16-7-,21-19+. The maximum Gasteiger partial charge on any atom is 0.0410 e. The molecule has 1 nitrogen and oxygen atoms in total. The number of aromatic amines is 1. The molecule has 0 saturated carbocycles. The Labute approximate surface area is 136 Å². The van der Waals surface area contributed by atoms with Crippen molar-refractivity contribution >= 4 is 6.08 Å². The summed E-state index contributed by atoms with van der Waals surface area (Å²) in [5.41, 5.74) is 7.55. The van der Waals surface area contributed by atoms with Crippen LogP contribution in [0, 0.1) is 11.8 Å². The van der Waals surface area contributed by atoms with Crippen LogP contribution in [0.3, 0.4) is 0 Å². The number of nitrogens with one attached hydrogen (secondary N) is 1. The van der Waals surface area contributed by atoms with Crippen LogP contribution in [-0.4, -0.2) is 4.98 Å². The molecule has 120 valence electrons. The largest absolute Gasteiger partial charge is 0.361 e. The van der Waals surface area contributed by atoms with Gasteiger partial charge >= 0.3 is 0 Å². The molecule has 0 aromatic carbocycles. The molecule has 0 saturated heterocycles. The minimum atomic E-state index is 0.546. The lowest BCUT2D eigenvalue weighted by Gasteiger charge is -2.28. The molecule has 1 unspecified atom stereocenters. The van der Waals surface area contributed by atoms with Gasteiger partial charge in [-0.3, -0.25) is 0 Å². The van der Waals surface area contributed by atoms with Gasteiger partial charge in [-0.05, 0) is 61.0 Å². The lowest BCUT2D eigenvalue weighted by atomic mass is 9.77.